The largest absolute Gasteiger partial charge is 0.497 e. The van der Waals surface area contributed by atoms with Gasteiger partial charge in [0, 0.05) is 24.4 Å². The van der Waals surface area contributed by atoms with Crippen molar-refractivity contribution in [3.05, 3.63) is 54.1 Å². The van der Waals surface area contributed by atoms with Crippen molar-refractivity contribution in [2.24, 2.45) is 0 Å². The fraction of sp³-hybridized carbons (Fsp3) is 0.250. The molecule has 0 fully saturated rings. The lowest BCUT2D eigenvalue weighted by Gasteiger charge is -2.17. The van der Waals surface area contributed by atoms with Gasteiger partial charge in [0.15, 0.2) is 12.4 Å². The van der Waals surface area contributed by atoms with E-state index in [1.807, 2.05) is 0 Å². The lowest BCUT2D eigenvalue weighted by Crippen LogP contribution is -2.37. The number of hydrogen-bond donors (Lipinski definition) is 1. The number of carbonyl (C=O) groups is 3. The Hall–Kier alpha value is -3.35. The van der Waals surface area contributed by atoms with E-state index in [-0.39, 0.29) is 30.7 Å². The van der Waals surface area contributed by atoms with Crippen molar-refractivity contribution in [3.63, 3.8) is 0 Å². The summed E-state index contributed by atoms with van der Waals surface area (Å²) in [7, 11) is 3.07. The maximum absolute atomic E-state index is 12.1. The highest BCUT2D eigenvalue weighted by molar-refractivity contribution is 5.95. The lowest BCUT2D eigenvalue weighted by molar-refractivity contribution is -0.135. The van der Waals surface area contributed by atoms with Crippen molar-refractivity contribution in [1.29, 1.82) is 0 Å². The molecule has 0 heterocycles. The minimum absolute atomic E-state index is 0.0422. The van der Waals surface area contributed by atoms with Gasteiger partial charge in [-0.15, -0.1) is 0 Å². The minimum Gasteiger partial charge on any atom is -0.497 e. The average Bonchev–Trinajstić information content (AvgIpc) is 2.66. The fourth-order valence-electron chi connectivity index (χ4n) is 2.25. The first-order valence-electron chi connectivity index (χ1n) is 8.30. The van der Waals surface area contributed by atoms with Crippen molar-refractivity contribution in [2.45, 2.75) is 6.92 Å². The smallest absolute Gasteiger partial charge is 0.260 e. The van der Waals surface area contributed by atoms with Gasteiger partial charge in [-0.05, 0) is 43.3 Å². The molecule has 0 aliphatic carbocycles. The SMILES string of the molecule is COc1cccc(NC(=O)CN(C)C(=O)COc2ccc(C(C)=O)cc2)c1. The molecule has 0 aliphatic heterocycles. The molecule has 0 spiro atoms. The van der Waals surface area contributed by atoms with Crippen LogP contribution < -0.4 is 14.8 Å². The molecule has 2 aromatic carbocycles. The summed E-state index contributed by atoms with van der Waals surface area (Å²) in [5.74, 6) is 0.389. The Balaban J connectivity index is 1.81. The van der Waals surface area contributed by atoms with E-state index >= 15 is 0 Å². The summed E-state index contributed by atoms with van der Waals surface area (Å²) in [5.41, 5.74) is 1.15. The predicted octanol–water partition coefficient (Wildman–Crippen LogP) is 2.37. The lowest BCUT2D eigenvalue weighted by atomic mass is 10.1. The number of methoxy groups -OCH3 is 1. The monoisotopic (exact) mass is 370 g/mol. The molecular formula is C20H22N2O5. The van der Waals surface area contributed by atoms with Gasteiger partial charge in [-0.25, -0.2) is 0 Å². The zero-order valence-electron chi connectivity index (χ0n) is 15.5. The average molecular weight is 370 g/mol. The van der Waals surface area contributed by atoms with Gasteiger partial charge in [0.25, 0.3) is 5.91 Å². The van der Waals surface area contributed by atoms with Gasteiger partial charge in [0.05, 0.1) is 13.7 Å². The normalized spacial score (nSPS) is 10.0. The molecule has 0 aromatic heterocycles. The van der Waals surface area contributed by atoms with Crippen LogP contribution in [-0.4, -0.2) is 49.8 Å². The van der Waals surface area contributed by atoms with E-state index in [1.165, 1.54) is 18.9 Å². The summed E-state index contributed by atoms with van der Waals surface area (Å²) in [6, 6.07) is 13.5. The van der Waals surface area contributed by atoms with Gasteiger partial charge in [0.2, 0.25) is 5.91 Å². The van der Waals surface area contributed by atoms with Crippen LogP contribution in [0.5, 0.6) is 11.5 Å². The number of ketones is 1. The first-order valence-corrected chi connectivity index (χ1v) is 8.30. The Kier molecular flexibility index (Phi) is 6.93. The molecule has 0 saturated heterocycles. The molecule has 27 heavy (non-hydrogen) atoms. The highest BCUT2D eigenvalue weighted by atomic mass is 16.5. The molecule has 0 unspecified atom stereocenters. The molecule has 7 heteroatoms. The second kappa shape index (κ2) is 9.38. The van der Waals surface area contributed by atoms with Crippen LogP contribution in [0.4, 0.5) is 5.69 Å². The van der Waals surface area contributed by atoms with Gasteiger partial charge < -0.3 is 19.7 Å². The number of benzene rings is 2. The van der Waals surface area contributed by atoms with E-state index in [2.05, 4.69) is 5.32 Å². The number of ether oxygens (including phenoxy) is 2. The summed E-state index contributed by atoms with van der Waals surface area (Å²) in [6.45, 7) is 1.16. The standard InChI is InChI=1S/C20H22N2O5/c1-14(23)15-7-9-17(10-8-15)27-13-20(25)22(2)12-19(24)21-16-5-4-6-18(11-16)26-3/h4-11H,12-13H2,1-3H3,(H,21,24). The van der Waals surface area contributed by atoms with Gasteiger partial charge >= 0.3 is 0 Å². The number of amides is 2. The Labute approximate surface area is 157 Å². The number of anilines is 1. The Morgan fingerprint density at radius 2 is 1.74 bits per heavy atom. The van der Waals surface area contributed by atoms with Crippen LogP contribution in [0.15, 0.2) is 48.5 Å². The molecular weight excluding hydrogens is 348 g/mol. The maximum Gasteiger partial charge on any atom is 0.260 e. The van der Waals surface area contributed by atoms with Gasteiger partial charge in [-0.1, -0.05) is 6.07 Å². The van der Waals surface area contributed by atoms with Gasteiger partial charge in [-0.2, -0.15) is 0 Å². The van der Waals surface area contributed by atoms with E-state index in [4.69, 9.17) is 9.47 Å². The van der Waals surface area contributed by atoms with Crippen LogP contribution >= 0.6 is 0 Å². The van der Waals surface area contributed by atoms with Crippen LogP contribution in [0.3, 0.4) is 0 Å². The highest BCUT2D eigenvalue weighted by Crippen LogP contribution is 2.16. The van der Waals surface area contributed by atoms with Crippen molar-refractivity contribution in [1.82, 2.24) is 4.90 Å². The zero-order chi connectivity index (χ0) is 19.8. The molecule has 1 N–H and O–H groups in total. The molecule has 0 radical (unpaired) electrons. The number of Topliss-reactive ketones (excluding diaryl/α,β-unsaturated/α-hetero) is 1. The van der Waals surface area contributed by atoms with Crippen LogP contribution in [0.2, 0.25) is 0 Å². The van der Waals surface area contributed by atoms with Crippen LogP contribution in [0.1, 0.15) is 17.3 Å². The molecule has 2 rings (SSSR count). The van der Waals surface area contributed by atoms with Crippen LogP contribution in [0, 0.1) is 0 Å². The number of nitrogens with one attached hydrogen (secondary N) is 1. The third kappa shape index (κ3) is 6.14. The van der Waals surface area contributed by atoms with E-state index < -0.39 is 0 Å². The maximum atomic E-state index is 12.1. The van der Waals surface area contributed by atoms with Crippen molar-refractivity contribution in [3.8, 4) is 11.5 Å². The third-order valence-corrected chi connectivity index (χ3v) is 3.78. The summed E-state index contributed by atoms with van der Waals surface area (Å²) < 4.78 is 10.5. The molecule has 142 valence electrons. The summed E-state index contributed by atoms with van der Waals surface area (Å²) in [4.78, 5) is 36.7. The number of hydrogen-bond acceptors (Lipinski definition) is 5. The zero-order valence-corrected chi connectivity index (χ0v) is 15.5. The molecule has 2 amide bonds. The number of likely N-dealkylation sites (N-methyl/N-ethyl adjacent to an activating group) is 1. The van der Waals surface area contributed by atoms with Crippen molar-refractivity contribution in [2.75, 3.05) is 32.6 Å². The van der Waals surface area contributed by atoms with Gasteiger partial charge in [-0.3, -0.25) is 14.4 Å². The number of carbonyl (C=O) groups excluding carboxylic acids is 3. The quantitative estimate of drug-likeness (QED) is 0.721. The van der Waals surface area contributed by atoms with E-state index in [9.17, 15) is 14.4 Å². The molecule has 0 atom stereocenters. The topological polar surface area (TPSA) is 84.9 Å². The number of nitrogens with zero attached hydrogens (tertiary/aromatic N) is 1. The molecule has 7 nitrogen and oxygen atoms in total. The van der Waals surface area contributed by atoms with Crippen molar-refractivity contribution >= 4 is 23.3 Å². The van der Waals surface area contributed by atoms with E-state index in [0.29, 0.717) is 22.7 Å². The molecule has 0 aliphatic rings. The number of rotatable bonds is 8. The van der Waals surface area contributed by atoms with E-state index in [1.54, 1.807) is 55.6 Å². The highest BCUT2D eigenvalue weighted by Gasteiger charge is 2.14. The predicted molar refractivity (Wildman–Crippen MR) is 101 cm³/mol. The first kappa shape index (κ1) is 20.0. The molecule has 0 bridgehead atoms. The fourth-order valence-corrected chi connectivity index (χ4v) is 2.25. The third-order valence-electron chi connectivity index (χ3n) is 3.78. The van der Waals surface area contributed by atoms with Crippen LogP contribution in [0.25, 0.3) is 0 Å². The molecule has 2 aromatic rings. The Morgan fingerprint density at radius 3 is 2.37 bits per heavy atom. The van der Waals surface area contributed by atoms with Crippen molar-refractivity contribution < 1.29 is 23.9 Å². The van der Waals surface area contributed by atoms with Crippen LogP contribution in [-0.2, 0) is 9.59 Å². The Bertz CT molecular complexity index is 817. The summed E-state index contributed by atoms with van der Waals surface area (Å²) in [5, 5.41) is 2.71. The van der Waals surface area contributed by atoms with Gasteiger partial charge in [0.1, 0.15) is 11.5 Å². The first-order chi connectivity index (χ1) is 12.9. The Morgan fingerprint density at radius 1 is 1.04 bits per heavy atom. The summed E-state index contributed by atoms with van der Waals surface area (Å²) >= 11 is 0. The second-order valence-corrected chi connectivity index (χ2v) is 5.90. The second-order valence-electron chi connectivity index (χ2n) is 5.90. The van der Waals surface area contributed by atoms with E-state index in [0.717, 1.165) is 0 Å². The molecule has 0 saturated carbocycles. The summed E-state index contributed by atoms with van der Waals surface area (Å²) in [6.07, 6.45) is 0. The minimum atomic E-state index is -0.341.